The number of hydrogen-bond donors (Lipinski definition) is 1. The van der Waals surface area contributed by atoms with Gasteiger partial charge in [-0.25, -0.2) is 13.2 Å². The molecule has 33 heteroatoms. The summed E-state index contributed by atoms with van der Waals surface area (Å²) in [5, 5.41) is -1.26. The van der Waals surface area contributed by atoms with Crippen LogP contribution in [0.3, 0.4) is 0 Å². The summed E-state index contributed by atoms with van der Waals surface area (Å²) < 4.78 is 445. The van der Waals surface area contributed by atoms with Crippen molar-refractivity contribution in [1.82, 2.24) is 5.32 Å². The van der Waals surface area contributed by atoms with Gasteiger partial charge in [-0.15, -0.1) is 0 Å². The predicted molar refractivity (Wildman–Crippen MR) is 133 cm³/mol. The molecule has 0 aromatic heterocycles. The van der Waals surface area contributed by atoms with E-state index in [9.17, 15) is 92.6 Å². The summed E-state index contributed by atoms with van der Waals surface area (Å²) in [5.41, 5.74) is -21.7. The van der Waals surface area contributed by atoms with E-state index in [1.165, 1.54) is 0 Å². The van der Waals surface area contributed by atoms with Crippen LogP contribution in [0.1, 0.15) is 64.7 Å². The monoisotopic (exact) mass is 965 g/mol. The van der Waals surface area contributed by atoms with Crippen molar-refractivity contribution < 1.29 is 141 Å². The molecule has 60 heavy (non-hydrogen) atoms. The van der Waals surface area contributed by atoms with E-state index in [2.05, 4.69) is 0 Å². The number of hydrogen-bond acceptors (Lipinski definition) is 1. The zero-order valence-electron chi connectivity index (χ0n) is 28.5. The van der Waals surface area contributed by atoms with E-state index >= 15 is 48.3 Å². The normalized spacial score (nSPS) is 25.5. The summed E-state index contributed by atoms with van der Waals surface area (Å²) in [6.45, 7) is 1.68. The fourth-order valence-corrected chi connectivity index (χ4v) is 5.56. The molecule has 1 rings (SSSR count). The summed E-state index contributed by atoms with van der Waals surface area (Å²) in [6, 6.07) is 0. The van der Waals surface area contributed by atoms with E-state index in [1.54, 1.807) is 6.92 Å². The topological polar surface area (TPSA) is 29.1 Å². The molecule has 3 unspecified atom stereocenters. The summed E-state index contributed by atoms with van der Waals surface area (Å²) in [4.78, 5) is 12.2. The Morgan fingerprint density at radius 2 is 0.667 bits per heavy atom. The molecule has 1 saturated carbocycles. The van der Waals surface area contributed by atoms with Crippen molar-refractivity contribution in [2.24, 2.45) is 0 Å². The molecule has 1 N–H and O–H groups in total. The Hall–Kier alpha value is -2.70. The molecule has 358 valence electrons. The average Bonchev–Trinajstić information content (AvgIpc) is 3.05. The van der Waals surface area contributed by atoms with E-state index < -0.39 is 125 Å². The smallest absolute Gasteiger partial charge is 0.316 e. The Morgan fingerprint density at radius 1 is 0.383 bits per heavy atom. The van der Waals surface area contributed by atoms with E-state index in [0.29, 0.717) is 19.3 Å². The highest BCUT2D eigenvalue weighted by atomic mass is 19.4. The standard InChI is InChI=1S/C27H22F31NO/c1-2-3-4-5-6-7-8-9-10-11(60)59-25(52)13(29,16(34,35)18(38,39)20(42,43)22(25,46)47)12(28,15(32,33)23(48,49)26(53,54)55)14(30,31)17(36,37)19(40,41)21(44,45)24(50,51)27(56,57)58/h2-10H2,1H3,(H,59,60). The minimum Gasteiger partial charge on any atom is -0.316 e. The molecule has 1 fully saturated rings. The van der Waals surface area contributed by atoms with Gasteiger partial charge >= 0.3 is 77.5 Å². The van der Waals surface area contributed by atoms with Crippen molar-refractivity contribution in [3.05, 3.63) is 0 Å². The summed E-state index contributed by atoms with van der Waals surface area (Å²) in [5.74, 6) is -121. The zero-order chi connectivity index (χ0) is 48.6. The molecule has 0 saturated heterocycles. The van der Waals surface area contributed by atoms with Crippen LogP contribution in [0.25, 0.3) is 0 Å². The Labute approximate surface area is 312 Å². The molecule has 0 aliphatic heterocycles. The lowest BCUT2D eigenvalue weighted by Gasteiger charge is -2.61. The first-order valence-corrected chi connectivity index (χ1v) is 15.6. The fourth-order valence-electron chi connectivity index (χ4n) is 5.56. The highest BCUT2D eigenvalue weighted by Gasteiger charge is 3.11. The second-order valence-corrected chi connectivity index (χ2v) is 13.1. The highest BCUT2D eigenvalue weighted by Crippen LogP contribution is 2.78. The van der Waals surface area contributed by atoms with Crippen LogP contribution in [0.15, 0.2) is 0 Å². The van der Waals surface area contributed by atoms with E-state index in [-0.39, 0.29) is 19.3 Å². The fraction of sp³-hybridized carbons (Fsp3) is 0.963. The van der Waals surface area contributed by atoms with Crippen molar-refractivity contribution in [3.8, 4) is 0 Å². The number of alkyl halides is 31. The first-order valence-electron chi connectivity index (χ1n) is 15.6. The van der Waals surface area contributed by atoms with E-state index in [4.69, 9.17) is 0 Å². The van der Waals surface area contributed by atoms with Crippen molar-refractivity contribution in [2.45, 2.75) is 159 Å². The number of unbranched alkanes of at least 4 members (excludes halogenated alkanes) is 7. The second-order valence-electron chi connectivity index (χ2n) is 13.1. The van der Waals surface area contributed by atoms with Crippen LogP contribution in [0.4, 0.5) is 136 Å². The summed E-state index contributed by atoms with van der Waals surface area (Å²) in [6.07, 6.45) is -20.0. The molecule has 0 aromatic carbocycles. The van der Waals surface area contributed by atoms with Gasteiger partial charge in [0.25, 0.3) is 17.1 Å². The maximum Gasteiger partial charge on any atom is 0.460 e. The minimum atomic E-state index is -11.2. The molecule has 1 aliphatic carbocycles. The number of halogens is 31. The molecule has 0 spiro atoms. The van der Waals surface area contributed by atoms with Gasteiger partial charge in [0.2, 0.25) is 5.91 Å². The lowest BCUT2D eigenvalue weighted by molar-refractivity contribution is -0.525. The van der Waals surface area contributed by atoms with Crippen molar-refractivity contribution in [3.63, 3.8) is 0 Å². The molecular weight excluding hydrogens is 943 g/mol. The molecule has 0 bridgehead atoms. The third-order valence-electron chi connectivity index (χ3n) is 9.12. The van der Waals surface area contributed by atoms with Gasteiger partial charge in [0.15, 0.2) is 0 Å². The maximum absolute atomic E-state index is 16.5. The van der Waals surface area contributed by atoms with Gasteiger partial charge in [-0.1, -0.05) is 51.9 Å². The summed E-state index contributed by atoms with van der Waals surface area (Å²) in [7, 11) is 0. The number of carbonyl (C=O) groups is 1. The largest absolute Gasteiger partial charge is 0.460 e. The van der Waals surface area contributed by atoms with Crippen LogP contribution in [-0.2, 0) is 4.79 Å². The minimum absolute atomic E-state index is 0.0720. The lowest BCUT2D eigenvalue weighted by atomic mass is 9.57. The van der Waals surface area contributed by atoms with Gasteiger partial charge < -0.3 is 5.32 Å². The number of rotatable bonds is 18. The first kappa shape index (κ1) is 55.3. The third kappa shape index (κ3) is 6.67. The van der Waals surface area contributed by atoms with Gasteiger partial charge in [0, 0.05) is 6.42 Å². The third-order valence-corrected chi connectivity index (χ3v) is 9.12. The SMILES string of the molecule is CCCCCCCCCCC(=O)NC1(F)C(F)(F)C(F)(F)C(F)(F)C(F)(F)C1(F)C(F)(C(F)(F)C(F)(F)C(F)(F)F)C(F)(F)C(F)(F)C(F)(F)C(F)(F)C(F)(F)C(F)(F)F. The van der Waals surface area contributed by atoms with Gasteiger partial charge in [-0.2, -0.15) is 123 Å². The van der Waals surface area contributed by atoms with Crippen molar-refractivity contribution in [2.75, 3.05) is 0 Å². The van der Waals surface area contributed by atoms with Crippen LogP contribution < -0.4 is 5.32 Å². The average molecular weight is 965 g/mol. The number of nitrogens with one attached hydrogen (secondary N) is 1. The second kappa shape index (κ2) is 15.2. The Balaban J connectivity index is 4.72. The van der Waals surface area contributed by atoms with Crippen molar-refractivity contribution in [1.29, 1.82) is 0 Å². The number of amides is 1. The van der Waals surface area contributed by atoms with Crippen LogP contribution in [0, 0.1) is 0 Å². The van der Waals surface area contributed by atoms with Gasteiger partial charge in [-0.3, -0.25) is 4.79 Å². The molecule has 2 nitrogen and oxygen atoms in total. The molecule has 0 aromatic rings. The zero-order valence-corrected chi connectivity index (χ0v) is 28.5. The van der Waals surface area contributed by atoms with Gasteiger partial charge in [-0.05, 0) is 6.42 Å². The van der Waals surface area contributed by atoms with Crippen LogP contribution >= 0.6 is 0 Å². The Morgan fingerprint density at radius 3 is 1.03 bits per heavy atom. The Kier molecular flexibility index (Phi) is 14.0. The van der Waals surface area contributed by atoms with E-state index in [0.717, 1.165) is 0 Å². The van der Waals surface area contributed by atoms with Crippen LogP contribution in [0.2, 0.25) is 0 Å². The number of carbonyl (C=O) groups excluding carboxylic acids is 1. The molecule has 0 heterocycles. The molecule has 1 amide bonds. The van der Waals surface area contributed by atoms with Gasteiger partial charge in [0.05, 0.1) is 0 Å². The maximum atomic E-state index is 16.5. The summed E-state index contributed by atoms with van der Waals surface area (Å²) >= 11 is 0. The predicted octanol–water partition coefficient (Wildman–Crippen LogP) is 12.8. The quantitative estimate of drug-likeness (QED) is 0.0828. The van der Waals surface area contributed by atoms with Crippen LogP contribution in [0.5, 0.6) is 0 Å². The Bertz CT molecular complexity index is 1530. The molecule has 3 atom stereocenters. The first-order chi connectivity index (χ1) is 26.0. The highest BCUT2D eigenvalue weighted by molar-refractivity contribution is 5.77. The molecular formula is C27H22F31NO. The lowest BCUT2D eigenvalue weighted by Crippen LogP contribution is -2.97. The van der Waals surface area contributed by atoms with Gasteiger partial charge in [0.1, 0.15) is 0 Å². The van der Waals surface area contributed by atoms with E-state index in [1.807, 2.05) is 0 Å². The van der Waals surface area contributed by atoms with Crippen LogP contribution in [-0.4, -0.2) is 101 Å². The molecule has 1 aliphatic rings. The van der Waals surface area contributed by atoms with Crippen molar-refractivity contribution >= 4 is 5.91 Å². The molecule has 0 radical (unpaired) electrons.